The number of allylic oxidation sites excluding steroid dienone is 3. The van der Waals surface area contributed by atoms with Crippen molar-refractivity contribution in [3.8, 4) is 0 Å². The highest BCUT2D eigenvalue weighted by Crippen LogP contribution is 2.38. The third-order valence-corrected chi connectivity index (χ3v) is 4.45. The molecule has 1 saturated carbocycles. The molecule has 1 aliphatic carbocycles. The Morgan fingerprint density at radius 1 is 1.14 bits per heavy atom. The van der Waals surface area contributed by atoms with E-state index in [-0.39, 0.29) is 6.10 Å². The maximum absolute atomic E-state index is 10.3. The van der Waals surface area contributed by atoms with Gasteiger partial charge in [-0.2, -0.15) is 0 Å². The molecular weight excluding hydrogens is 264 g/mol. The summed E-state index contributed by atoms with van der Waals surface area (Å²) < 4.78 is 0. The standard InChI is InChI=1S/C18H30O3/c1-2-3-7-11-16-15(13-14-17(16)19)10-8-5-4-6-9-12-18(20)21/h3,7,9,12,15-17,19H,2,4-6,8,10-11,13-14H2,1H3,(H,20,21)/b7-3-,12-9+/t15-,16-,17+/m0/s1. The second-order valence-corrected chi connectivity index (χ2v) is 6.06. The molecule has 21 heavy (non-hydrogen) atoms. The van der Waals surface area contributed by atoms with Gasteiger partial charge >= 0.3 is 5.97 Å². The molecule has 0 aromatic rings. The van der Waals surface area contributed by atoms with E-state index in [1.54, 1.807) is 6.08 Å². The SMILES string of the molecule is CC/C=C\C[C@H]1[C@@H](CCCCC/C=C/C(=O)O)CC[C@H]1O. The highest BCUT2D eigenvalue weighted by atomic mass is 16.4. The summed E-state index contributed by atoms with van der Waals surface area (Å²) in [6, 6.07) is 0. The second kappa shape index (κ2) is 10.6. The molecule has 3 heteroatoms. The number of hydrogen-bond acceptors (Lipinski definition) is 2. The number of carboxylic acids is 1. The van der Waals surface area contributed by atoms with Crippen molar-refractivity contribution in [2.75, 3.05) is 0 Å². The summed E-state index contributed by atoms with van der Waals surface area (Å²) in [5.41, 5.74) is 0. The van der Waals surface area contributed by atoms with Gasteiger partial charge in [0, 0.05) is 6.08 Å². The van der Waals surface area contributed by atoms with E-state index in [2.05, 4.69) is 19.1 Å². The normalized spacial score (nSPS) is 26.1. The van der Waals surface area contributed by atoms with Crippen molar-refractivity contribution in [1.82, 2.24) is 0 Å². The van der Waals surface area contributed by atoms with E-state index in [0.29, 0.717) is 11.8 Å². The van der Waals surface area contributed by atoms with Crippen molar-refractivity contribution in [2.45, 2.75) is 70.8 Å². The zero-order valence-electron chi connectivity index (χ0n) is 13.2. The number of unbranched alkanes of at least 4 members (excludes halogenated alkanes) is 3. The van der Waals surface area contributed by atoms with Crippen LogP contribution in [0, 0.1) is 11.8 Å². The van der Waals surface area contributed by atoms with Crippen molar-refractivity contribution in [1.29, 1.82) is 0 Å². The largest absolute Gasteiger partial charge is 0.478 e. The van der Waals surface area contributed by atoms with Crippen LogP contribution in [0.2, 0.25) is 0 Å². The zero-order valence-corrected chi connectivity index (χ0v) is 13.2. The Bertz CT molecular complexity index is 346. The lowest BCUT2D eigenvalue weighted by Gasteiger charge is -2.20. The molecule has 3 nitrogen and oxygen atoms in total. The lowest BCUT2D eigenvalue weighted by atomic mass is 9.87. The Labute approximate surface area is 128 Å². The molecule has 1 rings (SSSR count). The Hall–Kier alpha value is -1.09. The molecule has 0 unspecified atom stereocenters. The molecule has 0 heterocycles. The summed E-state index contributed by atoms with van der Waals surface area (Å²) in [5, 5.41) is 18.6. The number of hydrogen-bond donors (Lipinski definition) is 2. The maximum atomic E-state index is 10.3. The fourth-order valence-corrected chi connectivity index (χ4v) is 3.28. The highest BCUT2D eigenvalue weighted by Gasteiger charge is 2.33. The molecule has 0 aromatic heterocycles. The van der Waals surface area contributed by atoms with Gasteiger partial charge in [-0.05, 0) is 50.4 Å². The Kier molecular flexibility index (Phi) is 9.07. The molecular formula is C18H30O3. The van der Waals surface area contributed by atoms with Crippen LogP contribution in [0.1, 0.15) is 64.7 Å². The van der Waals surface area contributed by atoms with Gasteiger partial charge in [-0.25, -0.2) is 4.79 Å². The van der Waals surface area contributed by atoms with Crippen LogP contribution in [-0.4, -0.2) is 22.3 Å². The molecule has 3 atom stereocenters. The molecule has 1 fully saturated rings. The summed E-state index contributed by atoms with van der Waals surface area (Å²) in [4.78, 5) is 10.3. The van der Waals surface area contributed by atoms with E-state index in [0.717, 1.165) is 44.9 Å². The number of carbonyl (C=O) groups is 1. The number of aliphatic hydroxyl groups is 1. The molecule has 0 bridgehead atoms. The van der Waals surface area contributed by atoms with Gasteiger partial charge in [0.1, 0.15) is 0 Å². The zero-order chi connectivity index (χ0) is 15.5. The van der Waals surface area contributed by atoms with Gasteiger partial charge in [0.2, 0.25) is 0 Å². The average Bonchev–Trinajstić information content (AvgIpc) is 2.79. The molecule has 0 spiro atoms. The number of carboxylic acid groups (broad SMARTS) is 1. The van der Waals surface area contributed by atoms with Crippen LogP contribution in [0.4, 0.5) is 0 Å². The van der Waals surface area contributed by atoms with Crippen LogP contribution in [0.15, 0.2) is 24.3 Å². The van der Waals surface area contributed by atoms with Crippen molar-refractivity contribution < 1.29 is 15.0 Å². The van der Waals surface area contributed by atoms with Gasteiger partial charge in [0.15, 0.2) is 0 Å². The number of aliphatic hydroxyl groups excluding tert-OH is 1. The Morgan fingerprint density at radius 3 is 2.67 bits per heavy atom. The molecule has 0 radical (unpaired) electrons. The van der Waals surface area contributed by atoms with E-state index >= 15 is 0 Å². The van der Waals surface area contributed by atoms with Crippen LogP contribution in [0.25, 0.3) is 0 Å². The summed E-state index contributed by atoms with van der Waals surface area (Å²) in [7, 11) is 0. The van der Waals surface area contributed by atoms with Crippen molar-refractivity contribution in [2.24, 2.45) is 11.8 Å². The quantitative estimate of drug-likeness (QED) is 0.358. The van der Waals surface area contributed by atoms with E-state index in [9.17, 15) is 9.90 Å². The Morgan fingerprint density at radius 2 is 1.95 bits per heavy atom. The first kappa shape index (κ1) is 18.0. The van der Waals surface area contributed by atoms with E-state index in [1.165, 1.54) is 18.9 Å². The molecule has 2 N–H and O–H groups in total. The van der Waals surface area contributed by atoms with Crippen molar-refractivity contribution >= 4 is 5.97 Å². The van der Waals surface area contributed by atoms with Crippen molar-refractivity contribution in [3.05, 3.63) is 24.3 Å². The minimum absolute atomic E-state index is 0.116. The van der Waals surface area contributed by atoms with Crippen molar-refractivity contribution in [3.63, 3.8) is 0 Å². The topological polar surface area (TPSA) is 57.5 Å². The van der Waals surface area contributed by atoms with Gasteiger partial charge < -0.3 is 10.2 Å². The monoisotopic (exact) mass is 294 g/mol. The van der Waals surface area contributed by atoms with Crippen LogP contribution < -0.4 is 0 Å². The summed E-state index contributed by atoms with van der Waals surface area (Å²) in [6.07, 6.45) is 16.9. The van der Waals surface area contributed by atoms with Crippen LogP contribution in [0.3, 0.4) is 0 Å². The van der Waals surface area contributed by atoms with E-state index < -0.39 is 5.97 Å². The van der Waals surface area contributed by atoms with E-state index in [1.807, 2.05) is 0 Å². The number of aliphatic carboxylic acids is 1. The minimum atomic E-state index is -0.863. The first-order valence-electron chi connectivity index (χ1n) is 8.37. The molecule has 0 saturated heterocycles. The van der Waals surface area contributed by atoms with Gasteiger partial charge in [-0.3, -0.25) is 0 Å². The van der Waals surface area contributed by atoms with Crippen LogP contribution in [-0.2, 0) is 4.79 Å². The van der Waals surface area contributed by atoms with Gasteiger partial charge in [0.25, 0.3) is 0 Å². The smallest absolute Gasteiger partial charge is 0.327 e. The minimum Gasteiger partial charge on any atom is -0.478 e. The van der Waals surface area contributed by atoms with E-state index in [4.69, 9.17) is 5.11 Å². The van der Waals surface area contributed by atoms with Crippen LogP contribution >= 0.6 is 0 Å². The molecule has 120 valence electrons. The fraction of sp³-hybridized carbons (Fsp3) is 0.722. The second-order valence-electron chi connectivity index (χ2n) is 6.06. The van der Waals surface area contributed by atoms with Gasteiger partial charge in [-0.1, -0.05) is 44.4 Å². The molecule has 0 aliphatic heterocycles. The number of rotatable bonds is 10. The molecule has 0 aromatic carbocycles. The predicted octanol–water partition coefficient (Wildman–Crippen LogP) is 4.32. The third-order valence-electron chi connectivity index (χ3n) is 4.45. The summed E-state index contributed by atoms with van der Waals surface area (Å²) in [6.45, 7) is 2.14. The fourth-order valence-electron chi connectivity index (χ4n) is 3.28. The average molecular weight is 294 g/mol. The predicted molar refractivity (Wildman–Crippen MR) is 86.1 cm³/mol. The van der Waals surface area contributed by atoms with Gasteiger partial charge in [-0.15, -0.1) is 0 Å². The summed E-state index contributed by atoms with van der Waals surface area (Å²) in [5.74, 6) is 0.244. The highest BCUT2D eigenvalue weighted by molar-refractivity contribution is 5.79. The summed E-state index contributed by atoms with van der Waals surface area (Å²) >= 11 is 0. The maximum Gasteiger partial charge on any atom is 0.327 e. The first-order chi connectivity index (χ1) is 10.1. The van der Waals surface area contributed by atoms with Crippen LogP contribution in [0.5, 0.6) is 0 Å². The Balaban J connectivity index is 2.18. The molecule has 1 aliphatic rings. The lowest BCUT2D eigenvalue weighted by molar-refractivity contribution is -0.131. The lowest BCUT2D eigenvalue weighted by Crippen LogP contribution is -2.18. The first-order valence-corrected chi connectivity index (χ1v) is 8.37. The third kappa shape index (κ3) is 7.47. The molecule has 0 amide bonds. The van der Waals surface area contributed by atoms with Gasteiger partial charge in [0.05, 0.1) is 6.10 Å².